The molecule has 116 valence electrons. The van der Waals surface area contributed by atoms with Gasteiger partial charge in [0.05, 0.1) is 0 Å². The van der Waals surface area contributed by atoms with Crippen molar-refractivity contribution in [3.05, 3.63) is 4.65 Å². The van der Waals surface area contributed by atoms with E-state index in [0.29, 0.717) is 0 Å². The Morgan fingerprint density at radius 2 is 0.900 bits per heavy atom. The van der Waals surface area contributed by atoms with Crippen molar-refractivity contribution in [3.63, 3.8) is 0 Å². The van der Waals surface area contributed by atoms with Gasteiger partial charge in [-0.1, -0.05) is 81.9 Å². The van der Waals surface area contributed by atoms with Gasteiger partial charge >= 0.3 is 18.9 Å². The first kappa shape index (κ1) is 24.1. The molecule has 0 heterocycles. The summed E-state index contributed by atoms with van der Waals surface area (Å²) >= 11 is 0. The van der Waals surface area contributed by atoms with Crippen molar-refractivity contribution in [1.82, 2.24) is 0 Å². The zero-order valence-electron chi connectivity index (χ0n) is 15.6. The second-order valence-corrected chi connectivity index (χ2v) is 22.5. The van der Waals surface area contributed by atoms with Crippen LogP contribution in [-0.2, 0) is 0 Å². The maximum absolute atomic E-state index is 5.52. The minimum absolute atomic E-state index is 0. The van der Waals surface area contributed by atoms with Crippen LogP contribution in [0.4, 0.5) is 0 Å². The molecule has 6 heteroatoms. The van der Waals surface area contributed by atoms with Crippen LogP contribution >= 0.6 is 15.8 Å². The average molecular weight is 344 g/mol. The predicted molar refractivity (Wildman–Crippen MR) is 104 cm³/mol. The van der Waals surface area contributed by atoms with Crippen molar-refractivity contribution < 1.29 is 18.9 Å². The Morgan fingerprint density at radius 1 is 0.650 bits per heavy atom. The first-order valence-corrected chi connectivity index (χ1v) is 18.0. The molecule has 0 unspecified atom stereocenters. The third kappa shape index (κ3) is 10.6. The summed E-state index contributed by atoms with van der Waals surface area (Å²) in [5, 5.41) is 0. The molecule has 20 heavy (non-hydrogen) atoms. The Bertz CT molecular complexity index is 221. The number of nitrogens with zero attached hydrogens (tertiary/aromatic N) is 1. The molecule has 0 fully saturated rings. The zero-order valence-corrected chi connectivity index (χ0v) is 19.4. The summed E-state index contributed by atoms with van der Waals surface area (Å²) in [7, 11) is -2.08. The monoisotopic (exact) mass is 343 g/mol. The smallest absolute Gasteiger partial charge is 0.667 e. The largest absolute Gasteiger partial charge is 1.00 e. The fraction of sp³-hybridized carbons (Fsp3) is 1.00. The summed E-state index contributed by atoms with van der Waals surface area (Å²) in [6, 6.07) is 0. The molecule has 0 atom stereocenters. The fourth-order valence-electron chi connectivity index (χ4n) is 2.88. The van der Waals surface area contributed by atoms with Gasteiger partial charge in [0.1, 0.15) is 0 Å². The summed E-state index contributed by atoms with van der Waals surface area (Å²) in [4.78, 5) is 0. The first-order chi connectivity index (χ1) is 8.69. The Balaban J connectivity index is 0. The molecular weight excluding hydrogens is 307 g/mol. The van der Waals surface area contributed by atoms with Gasteiger partial charge in [0, 0.05) is 0 Å². The minimum atomic E-state index is -1.31. The molecule has 0 rings (SSSR count). The van der Waals surface area contributed by atoms with Gasteiger partial charge < -0.3 is 4.65 Å². The molecule has 0 aromatic heterocycles. The van der Waals surface area contributed by atoms with Gasteiger partial charge in [-0.25, -0.2) is 0 Å². The van der Waals surface area contributed by atoms with Crippen molar-refractivity contribution in [3.8, 4) is 0 Å². The summed E-state index contributed by atoms with van der Waals surface area (Å²) in [5.74, 6) is 2.95. The molecule has 0 aliphatic heterocycles. The Labute approximate surface area is 145 Å². The molecule has 0 aromatic carbocycles. The minimum Gasteiger partial charge on any atom is -0.667 e. The second-order valence-electron chi connectivity index (χ2n) is 6.66. The normalized spacial score (nSPS) is 12.9. The Kier molecular flexibility index (Phi) is 13.7. The van der Waals surface area contributed by atoms with E-state index < -0.39 is 16.5 Å². The van der Waals surface area contributed by atoms with E-state index in [0.717, 1.165) is 0 Å². The SMILES string of the molecule is CCP(CC)C[Si](C)(C)[N-][Si](C)(C)CP(CC)CC.[Li+]. The van der Waals surface area contributed by atoms with Crippen LogP contribution in [0.15, 0.2) is 0 Å². The molecule has 0 aliphatic carbocycles. The van der Waals surface area contributed by atoms with E-state index in [1.54, 1.807) is 0 Å². The van der Waals surface area contributed by atoms with Crippen LogP contribution in [0.25, 0.3) is 4.65 Å². The summed E-state index contributed by atoms with van der Waals surface area (Å²) in [6.45, 7) is 19.5. The second kappa shape index (κ2) is 11.4. The van der Waals surface area contributed by atoms with Crippen LogP contribution in [-0.4, -0.2) is 52.7 Å². The molecule has 0 saturated heterocycles. The molecule has 1 nitrogen and oxygen atoms in total. The Morgan fingerprint density at radius 3 is 1.10 bits per heavy atom. The van der Waals surface area contributed by atoms with E-state index >= 15 is 0 Å². The number of rotatable bonds is 10. The molecule has 0 N–H and O–H groups in total. The van der Waals surface area contributed by atoms with Crippen LogP contribution < -0.4 is 18.9 Å². The molecule has 0 bridgehead atoms. The van der Waals surface area contributed by atoms with Gasteiger partial charge in [0.2, 0.25) is 0 Å². The van der Waals surface area contributed by atoms with Crippen molar-refractivity contribution in [2.24, 2.45) is 0 Å². The van der Waals surface area contributed by atoms with Crippen LogP contribution in [0, 0.1) is 0 Å². The molecular formula is C14H36LiNP2Si2. The molecule has 0 aromatic rings. The van der Waals surface area contributed by atoms with E-state index in [1.165, 1.54) is 36.2 Å². The summed E-state index contributed by atoms with van der Waals surface area (Å²) in [6.07, 6.45) is 5.60. The zero-order chi connectivity index (χ0) is 15.1. The van der Waals surface area contributed by atoms with Crippen LogP contribution in [0.5, 0.6) is 0 Å². The van der Waals surface area contributed by atoms with Gasteiger partial charge in [0.15, 0.2) is 0 Å². The third-order valence-electron chi connectivity index (χ3n) is 3.62. The molecule has 0 aliphatic rings. The van der Waals surface area contributed by atoms with Crippen LogP contribution in [0.3, 0.4) is 0 Å². The van der Waals surface area contributed by atoms with Gasteiger partial charge in [0.25, 0.3) is 0 Å². The number of hydrogen-bond donors (Lipinski definition) is 0. The van der Waals surface area contributed by atoms with Crippen molar-refractivity contribution in [2.75, 3.05) is 36.2 Å². The molecule has 0 amide bonds. The van der Waals surface area contributed by atoms with Crippen molar-refractivity contribution in [1.29, 1.82) is 0 Å². The van der Waals surface area contributed by atoms with E-state index in [1.807, 2.05) is 0 Å². The van der Waals surface area contributed by atoms with Crippen molar-refractivity contribution in [2.45, 2.75) is 53.9 Å². The van der Waals surface area contributed by atoms with E-state index in [9.17, 15) is 0 Å². The predicted octanol–water partition coefficient (Wildman–Crippen LogP) is 2.90. The van der Waals surface area contributed by atoms with E-state index in [4.69, 9.17) is 4.65 Å². The Hall–Kier alpha value is 1.85. The molecule has 0 saturated carbocycles. The number of hydrogen-bond acceptors (Lipinski definition) is 0. The summed E-state index contributed by atoms with van der Waals surface area (Å²) < 4.78 is 5.52. The molecule has 0 spiro atoms. The van der Waals surface area contributed by atoms with E-state index in [-0.39, 0.29) is 34.7 Å². The average Bonchev–Trinajstić information content (AvgIpc) is 2.31. The van der Waals surface area contributed by atoms with Gasteiger partial charge in [-0.15, -0.1) is 15.8 Å². The van der Waals surface area contributed by atoms with E-state index in [2.05, 4.69) is 53.9 Å². The van der Waals surface area contributed by atoms with Gasteiger partial charge in [-0.3, -0.25) is 0 Å². The van der Waals surface area contributed by atoms with Crippen LogP contribution in [0.1, 0.15) is 27.7 Å². The standard InChI is InChI=1S/C14H36NP2Si2.Li/c1-9-16(10-2)13-18(5,6)15-19(7,8)14-17(11-3)12-4;/h9-14H2,1-8H3;/q-1;+1. The molecule has 0 radical (unpaired) electrons. The van der Waals surface area contributed by atoms with Gasteiger partial charge in [-0.05, 0) is 24.6 Å². The maximum atomic E-state index is 5.52. The fourth-order valence-corrected chi connectivity index (χ4v) is 24.5. The quantitative estimate of drug-likeness (QED) is 0.428. The first-order valence-electron chi connectivity index (χ1n) is 7.88. The van der Waals surface area contributed by atoms with Gasteiger partial charge in [-0.2, -0.15) is 0 Å². The topological polar surface area (TPSA) is 14.1 Å². The van der Waals surface area contributed by atoms with Crippen LogP contribution in [0.2, 0.25) is 26.2 Å². The maximum Gasteiger partial charge on any atom is 1.00 e. The summed E-state index contributed by atoms with van der Waals surface area (Å²) in [5.41, 5.74) is 0. The van der Waals surface area contributed by atoms with Crippen molar-refractivity contribution >= 4 is 32.3 Å². The third-order valence-corrected chi connectivity index (χ3v) is 21.8.